The van der Waals surface area contributed by atoms with Crippen LogP contribution in [0.3, 0.4) is 0 Å². The molecule has 0 unspecified atom stereocenters. The van der Waals surface area contributed by atoms with Crippen molar-refractivity contribution in [1.82, 2.24) is 19.6 Å². The third kappa shape index (κ3) is 3.56. The Hall–Kier alpha value is -3.01. The van der Waals surface area contributed by atoms with Crippen molar-refractivity contribution < 1.29 is 8.42 Å². The standard InChI is InChI=1S/C23H18ClN5O2S2/c24-17-9-2-3-10-18(17)28-33(30,31)15-7-5-6-14(12-15)21-26-22-20-16-8-1-4-11-19(16)32-23(20)25-13-29(22)27-21/h2-3,5-7,9-10,12-13,28H,1,4,8,11H2. The van der Waals surface area contributed by atoms with Crippen LogP contribution in [-0.4, -0.2) is 28.0 Å². The lowest BCUT2D eigenvalue weighted by Crippen LogP contribution is -2.13. The van der Waals surface area contributed by atoms with Crippen LogP contribution in [0.25, 0.3) is 27.3 Å². The molecular weight excluding hydrogens is 478 g/mol. The van der Waals surface area contributed by atoms with Gasteiger partial charge in [0, 0.05) is 10.4 Å². The topological polar surface area (TPSA) is 89.2 Å². The van der Waals surface area contributed by atoms with E-state index >= 15 is 0 Å². The second kappa shape index (κ2) is 7.79. The molecular formula is C23H18ClN5O2S2. The van der Waals surface area contributed by atoms with Gasteiger partial charge in [0.1, 0.15) is 11.2 Å². The summed E-state index contributed by atoms with van der Waals surface area (Å²) in [6.07, 6.45) is 6.16. The van der Waals surface area contributed by atoms with E-state index in [1.165, 1.54) is 29.3 Å². The number of nitrogens with one attached hydrogen (secondary N) is 1. The van der Waals surface area contributed by atoms with Gasteiger partial charge in [-0.2, -0.15) is 0 Å². The Morgan fingerprint density at radius 2 is 1.91 bits per heavy atom. The molecule has 5 aromatic rings. The highest BCUT2D eigenvalue weighted by atomic mass is 35.5. The molecule has 1 aliphatic rings. The first-order chi connectivity index (χ1) is 16.0. The number of sulfonamides is 1. The van der Waals surface area contributed by atoms with E-state index in [-0.39, 0.29) is 4.90 Å². The molecule has 0 saturated carbocycles. The second-order valence-corrected chi connectivity index (χ2v) is 11.1. The Kier molecular flexibility index (Phi) is 4.86. The summed E-state index contributed by atoms with van der Waals surface area (Å²) in [6.45, 7) is 0. The maximum absolute atomic E-state index is 13.0. The van der Waals surface area contributed by atoms with Crippen molar-refractivity contribution in [3.05, 3.63) is 70.3 Å². The first kappa shape index (κ1) is 20.6. The van der Waals surface area contributed by atoms with Crippen LogP contribution in [0.2, 0.25) is 5.02 Å². The molecule has 1 aliphatic carbocycles. The molecule has 0 amide bonds. The number of aryl methyl sites for hydroxylation is 2. The molecule has 33 heavy (non-hydrogen) atoms. The molecule has 1 N–H and O–H groups in total. The molecule has 6 rings (SSSR count). The molecule has 10 heteroatoms. The van der Waals surface area contributed by atoms with E-state index in [1.807, 2.05) is 0 Å². The van der Waals surface area contributed by atoms with Gasteiger partial charge in [-0.25, -0.2) is 22.9 Å². The summed E-state index contributed by atoms with van der Waals surface area (Å²) < 4.78 is 30.2. The monoisotopic (exact) mass is 495 g/mol. The summed E-state index contributed by atoms with van der Waals surface area (Å²) in [5, 5.41) is 5.99. The zero-order valence-corrected chi connectivity index (χ0v) is 19.7. The Bertz CT molecular complexity index is 1640. The number of hydrogen-bond acceptors (Lipinski definition) is 6. The Morgan fingerprint density at radius 3 is 2.79 bits per heavy atom. The highest BCUT2D eigenvalue weighted by Crippen LogP contribution is 2.37. The van der Waals surface area contributed by atoms with E-state index in [4.69, 9.17) is 16.6 Å². The summed E-state index contributed by atoms with van der Waals surface area (Å²) in [5.41, 5.74) is 3.03. The van der Waals surface area contributed by atoms with Crippen molar-refractivity contribution >= 4 is 54.5 Å². The molecule has 0 saturated heterocycles. The van der Waals surface area contributed by atoms with Crippen molar-refractivity contribution in [3.63, 3.8) is 0 Å². The van der Waals surface area contributed by atoms with Crippen molar-refractivity contribution in [2.45, 2.75) is 30.6 Å². The van der Waals surface area contributed by atoms with Gasteiger partial charge < -0.3 is 0 Å². The number of hydrogen-bond donors (Lipinski definition) is 1. The fraction of sp³-hybridized carbons (Fsp3) is 0.174. The highest BCUT2D eigenvalue weighted by molar-refractivity contribution is 7.92. The lowest BCUT2D eigenvalue weighted by molar-refractivity contribution is 0.601. The Morgan fingerprint density at radius 1 is 1.06 bits per heavy atom. The number of fused-ring (bicyclic) bond motifs is 5. The minimum atomic E-state index is -3.84. The van der Waals surface area contributed by atoms with Crippen molar-refractivity contribution in [3.8, 4) is 11.4 Å². The summed E-state index contributed by atoms with van der Waals surface area (Å²) in [4.78, 5) is 11.9. The number of aromatic nitrogens is 4. The van der Waals surface area contributed by atoms with Gasteiger partial charge in [0.05, 0.1) is 21.0 Å². The maximum Gasteiger partial charge on any atom is 0.261 e. The zero-order chi connectivity index (χ0) is 22.6. The second-order valence-electron chi connectivity index (χ2n) is 7.95. The minimum absolute atomic E-state index is 0.106. The number of halogens is 1. The van der Waals surface area contributed by atoms with E-state index < -0.39 is 10.0 Å². The Labute approximate surface area is 199 Å². The molecule has 0 fully saturated rings. The van der Waals surface area contributed by atoms with E-state index in [1.54, 1.807) is 64.6 Å². The summed E-state index contributed by atoms with van der Waals surface area (Å²) >= 11 is 7.86. The van der Waals surface area contributed by atoms with Gasteiger partial charge in [0.15, 0.2) is 11.5 Å². The van der Waals surface area contributed by atoms with Crippen LogP contribution in [0.4, 0.5) is 5.69 Å². The molecule has 2 aromatic carbocycles. The molecule has 0 radical (unpaired) electrons. The largest absolute Gasteiger partial charge is 0.278 e. The van der Waals surface area contributed by atoms with Crippen LogP contribution in [0.1, 0.15) is 23.3 Å². The number of para-hydroxylation sites is 1. The SMILES string of the molecule is O=S(=O)(Nc1ccccc1Cl)c1cccc(-c2nc3c4c5c(sc4ncn3n2)CCCC5)c1. The quantitative estimate of drug-likeness (QED) is 0.363. The molecule has 0 spiro atoms. The number of rotatable bonds is 4. The molecule has 166 valence electrons. The van der Waals surface area contributed by atoms with Gasteiger partial charge in [-0.1, -0.05) is 35.9 Å². The fourth-order valence-electron chi connectivity index (χ4n) is 4.23. The predicted octanol–water partition coefficient (Wildman–Crippen LogP) is 5.34. The van der Waals surface area contributed by atoms with Crippen LogP contribution in [0.15, 0.2) is 59.8 Å². The van der Waals surface area contributed by atoms with Gasteiger partial charge in [-0.05, 0) is 55.5 Å². The summed E-state index contributed by atoms with van der Waals surface area (Å²) in [7, 11) is -3.84. The average Bonchev–Trinajstić information content (AvgIpc) is 3.42. The molecule has 0 atom stereocenters. The smallest absolute Gasteiger partial charge is 0.261 e. The van der Waals surface area contributed by atoms with Gasteiger partial charge >= 0.3 is 0 Å². The lowest BCUT2D eigenvalue weighted by atomic mass is 9.97. The normalized spacial score (nSPS) is 14.0. The van der Waals surface area contributed by atoms with Crippen LogP contribution in [0, 0.1) is 0 Å². The van der Waals surface area contributed by atoms with Crippen molar-refractivity contribution in [1.29, 1.82) is 0 Å². The number of benzene rings is 2. The van der Waals surface area contributed by atoms with Crippen LogP contribution in [0.5, 0.6) is 0 Å². The van der Waals surface area contributed by atoms with Gasteiger partial charge in [-0.3, -0.25) is 4.72 Å². The first-order valence-corrected chi connectivity index (χ1v) is 13.2. The van der Waals surface area contributed by atoms with Crippen LogP contribution < -0.4 is 4.72 Å². The van der Waals surface area contributed by atoms with Gasteiger partial charge in [0.25, 0.3) is 10.0 Å². The van der Waals surface area contributed by atoms with E-state index in [0.29, 0.717) is 22.1 Å². The number of nitrogens with zero attached hydrogens (tertiary/aromatic N) is 4. The average molecular weight is 496 g/mol. The van der Waals surface area contributed by atoms with E-state index in [2.05, 4.69) is 14.8 Å². The van der Waals surface area contributed by atoms with Crippen molar-refractivity contribution in [2.24, 2.45) is 0 Å². The molecule has 0 aliphatic heterocycles. The maximum atomic E-state index is 13.0. The highest BCUT2D eigenvalue weighted by Gasteiger charge is 2.22. The summed E-state index contributed by atoms with van der Waals surface area (Å²) in [6, 6.07) is 13.3. The molecule has 3 heterocycles. The third-order valence-electron chi connectivity index (χ3n) is 5.81. The molecule has 0 bridgehead atoms. The van der Waals surface area contributed by atoms with Crippen LogP contribution >= 0.6 is 22.9 Å². The molecule has 3 aromatic heterocycles. The molecule has 7 nitrogen and oxygen atoms in total. The first-order valence-electron chi connectivity index (χ1n) is 10.5. The van der Waals surface area contributed by atoms with E-state index in [9.17, 15) is 8.42 Å². The van der Waals surface area contributed by atoms with Gasteiger partial charge in [-0.15, -0.1) is 16.4 Å². The number of anilines is 1. The van der Waals surface area contributed by atoms with Gasteiger partial charge in [0.2, 0.25) is 0 Å². The number of thiophene rings is 1. The minimum Gasteiger partial charge on any atom is -0.278 e. The summed E-state index contributed by atoms with van der Waals surface area (Å²) in [5.74, 6) is 0.454. The fourth-order valence-corrected chi connectivity index (χ4v) is 6.81. The Balaban J connectivity index is 1.42. The third-order valence-corrected chi connectivity index (χ3v) is 8.71. The zero-order valence-electron chi connectivity index (χ0n) is 17.3. The van der Waals surface area contributed by atoms with E-state index in [0.717, 1.165) is 28.7 Å². The van der Waals surface area contributed by atoms with Crippen LogP contribution in [-0.2, 0) is 22.9 Å². The lowest BCUT2D eigenvalue weighted by Gasteiger charge is -2.10. The van der Waals surface area contributed by atoms with Crippen molar-refractivity contribution in [2.75, 3.05) is 4.72 Å². The predicted molar refractivity (Wildman–Crippen MR) is 131 cm³/mol.